The van der Waals surface area contributed by atoms with Crippen molar-refractivity contribution in [1.29, 1.82) is 0 Å². The van der Waals surface area contributed by atoms with E-state index in [9.17, 15) is 4.39 Å². The van der Waals surface area contributed by atoms with Crippen molar-refractivity contribution in [3.05, 3.63) is 65.9 Å². The van der Waals surface area contributed by atoms with Gasteiger partial charge in [-0.15, -0.1) is 0 Å². The Morgan fingerprint density at radius 1 is 1.16 bits per heavy atom. The SMILES string of the molecule is COc1cccc2cnc(Cc3ccc(F)cc3)n12. The minimum atomic E-state index is -0.227. The summed E-state index contributed by atoms with van der Waals surface area (Å²) in [6.45, 7) is 0. The van der Waals surface area contributed by atoms with Gasteiger partial charge in [-0.2, -0.15) is 0 Å². The zero-order valence-corrected chi connectivity index (χ0v) is 10.5. The summed E-state index contributed by atoms with van der Waals surface area (Å²) in [4.78, 5) is 4.41. The largest absolute Gasteiger partial charge is 0.482 e. The third kappa shape index (κ3) is 2.17. The lowest BCUT2D eigenvalue weighted by molar-refractivity contribution is 0.390. The standard InChI is InChI=1S/C15H13FN2O/c1-19-15-4-2-3-13-10-17-14(18(13)15)9-11-5-7-12(16)8-6-11/h2-8,10H,9H2,1H3. The van der Waals surface area contributed by atoms with Gasteiger partial charge in [0.05, 0.1) is 18.8 Å². The molecule has 4 heteroatoms. The van der Waals surface area contributed by atoms with Crippen LogP contribution in [0.15, 0.2) is 48.7 Å². The van der Waals surface area contributed by atoms with Gasteiger partial charge in [0.1, 0.15) is 11.6 Å². The number of ether oxygens (including phenoxy) is 1. The third-order valence-corrected chi connectivity index (χ3v) is 3.07. The number of nitrogens with zero attached hydrogens (tertiary/aromatic N) is 2. The van der Waals surface area contributed by atoms with Gasteiger partial charge in [0.15, 0.2) is 5.88 Å². The number of hydrogen-bond donors (Lipinski definition) is 0. The molecule has 3 aromatic rings. The predicted molar refractivity (Wildman–Crippen MR) is 71.0 cm³/mol. The topological polar surface area (TPSA) is 26.5 Å². The normalized spacial score (nSPS) is 10.8. The third-order valence-electron chi connectivity index (χ3n) is 3.07. The first kappa shape index (κ1) is 11.7. The molecule has 0 saturated carbocycles. The molecule has 0 N–H and O–H groups in total. The van der Waals surface area contributed by atoms with Gasteiger partial charge in [-0.25, -0.2) is 9.37 Å². The van der Waals surface area contributed by atoms with Crippen LogP contribution in [-0.2, 0) is 6.42 Å². The van der Waals surface area contributed by atoms with Gasteiger partial charge >= 0.3 is 0 Å². The van der Waals surface area contributed by atoms with Gasteiger partial charge in [-0.3, -0.25) is 4.40 Å². The number of pyridine rings is 1. The van der Waals surface area contributed by atoms with Crippen LogP contribution in [-0.4, -0.2) is 16.5 Å². The average Bonchev–Trinajstić information content (AvgIpc) is 2.85. The second-order valence-electron chi connectivity index (χ2n) is 4.31. The van der Waals surface area contributed by atoms with Crippen LogP contribution in [0, 0.1) is 5.82 Å². The fraction of sp³-hybridized carbons (Fsp3) is 0.133. The Bertz CT molecular complexity index is 704. The summed E-state index contributed by atoms with van der Waals surface area (Å²) in [7, 11) is 1.64. The highest BCUT2D eigenvalue weighted by Gasteiger charge is 2.08. The highest BCUT2D eigenvalue weighted by molar-refractivity contribution is 5.49. The molecular weight excluding hydrogens is 243 g/mol. The maximum Gasteiger partial charge on any atom is 0.199 e. The summed E-state index contributed by atoms with van der Waals surface area (Å²) < 4.78 is 20.2. The second-order valence-corrected chi connectivity index (χ2v) is 4.31. The minimum absolute atomic E-state index is 0.227. The minimum Gasteiger partial charge on any atom is -0.482 e. The van der Waals surface area contributed by atoms with Crippen LogP contribution in [0.5, 0.6) is 5.88 Å². The molecule has 3 nitrogen and oxygen atoms in total. The maximum atomic E-state index is 12.9. The molecule has 0 saturated heterocycles. The van der Waals surface area contributed by atoms with E-state index < -0.39 is 0 Å². The molecule has 0 atom stereocenters. The zero-order chi connectivity index (χ0) is 13.2. The van der Waals surface area contributed by atoms with Crippen molar-refractivity contribution in [3.63, 3.8) is 0 Å². The summed E-state index contributed by atoms with van der Waals surface area (Å²) in [6, 6.07) is 12.3. The Morgan fingerprint density at radius 2 is 1.95 bits per heavy atom. The number of aromatic nitrogens is 2. The molecule has 0 radical (unpaired) electrons. The summed E-state index contributed by atoms with van der Waals surface area (Å²) in [5.74, 6) is 1.39. The highest BCUT2D eigenvalue weighted by atomic mass is 19.1. The molecule has 2 heterocycles. The molecule has 2 aromatic heterocycles. The first-order valence-corrected chi connectivity index (χ1v) is 6.02. The van der Waals surface area contributed by atoms with Crippen molar-refractivity contribution in [2.45, 2.75) is 6.42 Å². The van der Waals surface area contributed by atoms with Gasteiger partial charge in [-0.1, -0.05) is 18.2 Å². The van der Waals surface area contributed by atoms with E-state index in [0.29, 0.717) is 6.42 Å². The first-order chi connectivity index (χ1) is 9.28. The van der Waals surface area contributed by atoms with E-state index in [0.717, 1.165) is 22.8 Å². The fourth-order valence-electron chi connectivity index (χ4n) is 2.15. The Balaban J connectivity index is 2.03. The van der Waals surface area contributed by atoms with Crippen molar-refractivity contribution in [2.75, 3.05) is 7.11 Å². The van der Waals surface area contributed by atoms with Crippen molar-refractivity contribution in [1.82, 2.24) is 9.38 Å². The van der Waals surface area contributed by atoms with Crippen molar-refractivity contribution < 1.29 is 9.13 Å². The van der Waals surface area contributed by atoms with Gasteiger partial charge < -0.3 is 4.74 Å². The van der Waals surface area contributed by atoms with Crippen LogP contribution in [0.4, 0.5) is 4.39 Å². The molecule has 0 unspecified atom stereocenters. The predicted octanol–water partition coefficient (Wildman–Crippen LogP) is 3.07. The van der Waals surface area contributed by atoms with Crippen molar-refractivity contribution in [3.8, 4) is 5.88 Å². The first-order valence-electron chi connectivity index (χ1n) is 6.02. The molecule has 96 valence electrons. The molecule has 0 fully saturated rings. The van der Waals surface area contributed by atoms with E-state index in [1.165, 1.54) is 12.1 Å². The second kappa shape index (κ2) is 4.72. The number of imidazole rings is 1. The van der Waals surface area contributed by atoms with Crippen LogP contribution >= 0.6 is 0 Å². The van der Waals surface area contributed by atoms with E-state index in [-0.39, 0.29) is 5.82 Å². The summed E-state index contributed by atoms with van der Waals surface area (Å²) in [5.41, 5.74) is 2.00. The van der Waals surface area contributed by atoms with Crippen LogP contribution in [0.3, 0.4) is 0 Å². The monoisotopic (exact) mass is 256 g/mol. The number of fused-ring (bicyclic) bond motifs is 1. The average molecular weight is 256 g/mol. The summed E-state index contributed by atoms with van der Waals surface area (Å²) in [5, 5.41) is 0. The maximum absolute atomic E-state index is 12.9. The van der Waals surface area contributed by atoms with E-state index >= 15 is 0 Å². The molecule has 3 rings (SSSR count). The molecule has 0 amide bonds. The molecular formula is C15H13FN2O. The van der Waals surface area contributed by atoms with E-state index in [1.54, 1.807) is 25.4 Å². The molecule has 0 spiro atoms. The van der Waals surface area contributed by atoms with Crippen LogP contribution in [0.25, 0.3) is 5.52 Å². The van der Waals surface area contributed by atoms with Crippen LogP contribution in [0.1, 0.15) is 11.4 Å². The zero-order valence-electron chi connectivity index (χ0n) is 10.5. The number of halogens is 1. The van der Waals surface area contributed by atoms with E-state index in [2.05, 4.69) is 4.98 Å². The molecule has 19 heavy (non-hydrogen) atoms. The Labute approximate surface area is 110 Å². The molecule has 0 bridgehead atoms. The lowest BCUT2D eigenvalue weighted by atomic mass is 10.1. The highest BCUT2D eigenvalue weighted by Crippen LogP contribution is 2.19. The number of methoxy groups -OCH3 is 1. The van der Waals surface area contributed by atoms with Gasteiger partial charge in [0, 0.05) is 6.42 Å². The lowest BCUT2D eigenvalue weighted by Crippen LogP contribution is -2.00. The Kier molecular flexibility index (Phi) is 2.91. The Hall–Kier alpha value is -2.36. The van der Waals surface area contributed by atoms with Gasteiger partial charge in [0.2, 0.25) is 0 Å². The van der Waals surface area contributed by atoms with Gasteiger partial charge in [0.25, 0.3) is 0 Å². The summed E-state index contributed by atoms with van der Waals surface area (Å²) >= 11 is 0. The van der Waals surface area contributed by atoms with Crippen molar-refractivity contribution in [2.24, 2.45) is 0 Å². The number of hydrogen-bond acceptors (Lipinski definition) is 2. The number of rotatable bonds is 3. The Morgan fingerprint density at radius 3 is 2.68 bits per heavy atom. The van der Waals surface area contributed by atoms with Gasteiger partial charge in [-0.05, 0) is 29.8 Å². The van der Waals surface area contributed by atoms with E-state index in [4.69, 9.17) is 4.74 Å². The lowest BCUT2D eigenvalue weighted by Gasteiger charge is -2.07. The number of benzene rings is 1. The molecule has 1 aromatic carbocycles. The van der Waals surface area contributed by atoms with Crippen LogP contribution in [0.2, 0.25) is 0 Å². The smallest absolute Gasteiger partial charge is 0.199 e. The molecule has 0 aliphatic heterocycles. The van der Waals surface area contributed by atoms with Crippen molar-refractivity contribution >= 4 is 5.52 Å². The quantitative estimate of drug-likeness (QED) is 0.720. The fourth-order valence-corrected chi connectivity index (χ4v) is 2.15. The summed E-state index contributed by atoms with van der Waals surface area (Å²) in [6.07, 6.45) is 2.44. The van der Waals surface area contributed by atoms with E-state index in [1.807, 2.05) is 22.6 Å². The molecule has 0 aliphatic carbocycles. The molecule has 0 aliphatic rings. The van der Waals surface area contributed by atoms with Crippen LogP contribution < -0.4 is 4.74 Å².